The summed E-state index contributed by atoms with van der Waals surface area (Å²) < 4.78 is 14.6. The van der Waals surface area contributed by atoms with Crippen LogP contribution in [0.25, 0.3) is 0 Å². The van der Waals surface area contributed by atoms with Crippen molar-refractivity contribution in [1.82, 2.24) is 0 Å². The summed E-state index contributed by atoms with van der Waals surface area (Å²) in [5.41, 5.74) is 8.06. The summed E-state index contributed by atoms with van der Waals surface area (Å²) >= 11 is 3.49. The third kappa shape index (κ3) is 2.54. The number of halogens is 2. The van der Waals surface area contributed by atoms with Crippen molar-refractivity contribution < 1.29 is 4.39 Å². The van der Waals surface area contributed by atoms with Gasteiger partial charge in [0.25, 0.3) is 0 Å². The molecule has 0 aromatic heterocycles. The van der Waals surface area contributed by atoms with Crippen LogP contribution in [0.3, 0.4) is 0 Å². The lowest BCUT2D eigenvalue weighted by atomic mass is 10.2. The summed E-state index contributed by atoms with van der Waals surface area (Å²) in [5.74, 6) is -0.241. The number of nitrogens with two attached hydrogens (primary N) is 1. The van der Waals surface area contributed by atoms with Crippen molar-refractivity contribution in [2.75, 3.05) is 11.9 Å². The lowest BCUT2D eigenvalue weighted by molar-refractivity contribution is 0.627. The van der Waals surface area contributed by atoms with Gasteiger partial charge < -0.3 is 10.6 Å². The van der Waals surface area contributed by atoms with Crippen molar-refractivity contribution >= 4 is 27.3 Å². The van der Waals surface area contributed by atoms with Crippen molar-refractivity contribution in [3.63, 3.8) is 0 Å². The molecule has 2 aromatic rings. The van der Waals surface area contributed by atoms with E-state index in [0.717, 1.165) is 15.7 Å². The molecule has 2 nitrogen and oxygen atoms in total. The van der Waals surface area contributed by atoms with E-state index in [4.69, 9.17) is 5.73 Å². The molecule has 0 bridgehead atoms. The quantitative estimate of drug-likeness (QED) is 0.934. The van der Waals surface area contributed by atoms with Crippen LogP contribution in [-0.2, 0) is 6.54 Å². The minimum Gasteiger partial charge on any atom is -0.341 e. The summed E-state index contributed by atoms with van der Waals surface area (Å²) in [6.07, 6.45) is 0. The first-order valence-corrected chi connectivity index (χ1v) is 6.39. The van der Waals surface area contributed by atoms with E-state index in [1.54, 1.807) is 17.0 Å². The number of hydrogen-bond donors (Lipinski definition) is 1. The van der Waals surface area contributed by atoms with Gasteiger partial charge in [-0.3, -0.25) is 0 Å². The Bertz CT molecular complexity index is 557. The molecule has 0 unspecified atom stereocenters. The standard InChI is InChI=1S/C14H14BrFN2/c1-18(14-5-3-2-4-12(14)16)13-7-6-10(9-17)8-11(13)15/h2-8H,9,17H2,1H3. The van der Waals surface area contributed by atoms with Crippen molar-refractivity contribution in [3.8, 4) is 0 Å². The lowest BCUT2D eigenvalue weighted by Gasteiger charge is -2.21. The van der Waals surface area contributed by atoms with E-state index in [2.05, 4.69) is 15.9 Å². The first-order valence-electron chi connectivity index (χ1n) is 5.60. The summed E-state index contributed by atoms with van der Waals surface area (Å²) in [5, 5.41) is 0. The molecule has 0 atom stereocenters. The fourth-order valence-corrected chi connectivity index (χ4v) is 2.50. The Hall–Kier alpha value is -1.39. The molecule has 0 spiro atoms. The highest BCUT2D eigenvalue weighted by Crippen LogP contribution is 2.32. The zero-order valence-electron chi connectivity index (χ0n) is 10.0. The minimum absolute atomic E-state index is 0.241. The van der Waals surface area contributed by atoms with Gasteiger partial charge in [0.15, 0.2) is 0 Å². The first-order chi connectivity index (χ1) is 8.63. The maximum Gasteiger partial charge on any atom is 0.146 e. The molecule has 2 N–H and O–H groups in total. The number of nitrogens with zero attached hydrogens (tertiary/aromatic N) is 1. The molecular weight excluding hydrogens is 295 g/mol. The molecule has 0 aliphatic heterocycles. The highest BCUT2D eigenvalue weighted by atomic mass is 79.9. The Morgan fingerprint density at radius 3 is 2.50 bits per heavy atom. The summed E-state index contributed by atoms with van der Waals surface area (Å²) in [4.78, 5) is 1.81. The van der Waals surface area contributed by atoms with Crippen LogP contribution < -0.4 is 10.6 Å². The smallest absolute Gasteiger partial charge is 0.146 e. The monoisotopic (exact) mass is 308 g/mol. The van der Waals surface area contributed by atoms with Gasteiger partial charge in [0.05, 0.1) is 11.4 Å². The second-order valence-corrected chi connectivity index (χ2v) is 4.85. The molecule has 0 saturated carbocycles. The van der Waals surface area contributed by atoms with Crippen LogP contribution in [0.15, 0.2) is 46.9 Å². The Morgan fingerprint density at radius 2 is 1.89 bits per heavy atom. The maximum atomic E-state index is 13.7. The van der Waals surface area contributed by atoms with E-state index in [1.807, 2.05) is 31.3 Å². The Kier molecular flexibility index (Phi) is 3.99. The topological polar surface area (TPSA) is 29.3 Å². The van der Waals surface area contributed by atoms with Gasteiger partial charge in [-0.05, 0) is 45.8 Å². The average molecular weight is 309 g/mol. The van der Waals surface area contributed by atoms with Gasteiger partial charge in [0.2, 0.25) is 0 Å². The normalized spacial score (nSPS) is 10.4. The number of para-hydroxylation sites is 1. The molecule has 0 fully saturated rings. The maximum absolute atomic E-state index is 13.7. The number of anilines is 2. The first kappa shape index (κ1) is 13.1. The van der Waals surface area contributed by atoms with Crippen LogP contribution in [0, 0.1) is 5.82 Å². The molecule has 0 saturated heterocycles. The SMILES string of the molecule is CN(c1ccccc1F)c1ccc(CN)cc1Br. The molecule has 94 valence electrons. The number of rotatable bonds is 3. The molecule has 0 aliphatic carbocycles. The fraction of sp³-hybridized carbons (Fsp3) is 0.143. The number of benzene rings is 2. The molecule has 0 heterocycles. The van der Waals surface area contributed by atoms with Gasteiger partial charge in [-0.25, -0.2) is 4.39 Å². The van der Waals surface area contributed by atoms with Gasteiger partial charge in [-0.15, -0.1) is 0 Å². The van der Waals surface area contributed by atoms with E-state index < -0.39 is 0 Å². The summed E-state index contributed by atoms with van der Waals surface area (Å²) in [7, 11) is 1.83. The third-order valence-electron chi connectivity index (χ3n) is 2.82. The molecule has 0 aliphatic rings. The van der Waals surface area contributed by atoms with E-state index in [-0.39, 0.29) is 5.82 Å². The Morgan fingerprint density at radius 1 is 1.17 bits per heavy atom. The van der Waals surface area contributed by atoms with Gasteiger partial charge in [0, 0.05) is 18.1 Å². The molecular formula is C14H14BrFN2. The third-order valence-corrected chi connectivity index (χ3v) is 3.46. The van der Waals surface area contributed by atoms with Crippen LogP contribution >= 0.6 is 15.9 Å². The molecule has 18 heavy (non-hydrogen) atoms. The van der Waals surface area contributed by atoms with E-state index in [9.17, 15) is 4.39 Å². The number of hydrogen-bond acceptors (Lipinski definition) is 2. The highest BCUT2D eigenvalue weighted by molar-refractivity contribution is 9.10. The van der Waals surface area contributed by atoms with Crippen molar-refractivity contribution in [3.05, 3.63) is 58.3 Å². The van der Waals surface area contributed by atoms with Crippen LogP contribution in [0.5, 0.6) is 0 Å². The fourth-order valence-electron chi connectivity index (χ4n) is 1.80. The van der Waals surface area contributed by atoms with Gasteiger partial charge >= 0.3 is 0 Å². The van der Waals surface area contributed by atoms with Crippen LogP contribution in [0.4, 0.5) is 15.8 Å². The van der Waals surface area contributed by atoms with E-state index in [1.165, 1.54) is 6.07 Å². The molecule has 2 rings (SSSR count). The van der Waals surface area contributed by atoms with Crippen LogP contribution in [0.2, 0.25) is 0 Å². The Balaban J connectivity index is 2.40. The molecule has 4 heteroatoms. The van der Waals surface area contributed by atoms with Gasteiger partial charge in [0.1, 0.15) is 5.82 Å². The van der Waals surface area contributed by atoms with E-state index >= 15 is 0 Å². The zero-order valence-corrected chi connectivity index (χ0v) is 11.6. The Labute approximate surface area is 114 Å². The van der Waals surface area contributed by atoms with Crippen LogP contribution in [-0.4, -0.2) is 7.05 Å². The summed E-state index contributed by atoms with van der Waals surface area (Å²) in [6, 6.07) is 12.5. The second kappa shape index (κ2) is 5.50. The van der Waals surface area contributed by atoms with Crippen molar-refractivity contribution in [2.45, 2.75) is 6.54 Å². The van der Waals surface area contributed by atoms with E-state index in [0.29, 0.717) is 12.2 Å². The lowest BCUT2D eigenvalue weighted by Crippen LogP contribution is -2.12. The predicted octanol–water partition coefficient (Wildman–Crippen LogP) is 3.81. The largest absolute Gasteiger partial charge is 0.341 e. The highest BCUT2D eigenvalue weighted by Gasteiger charge is 2.11. The van der Waals surface area contributed by atoms with Crippen molar-refractivity contribution in [1.29, 1.82) is 0 Å². The second-order valence-electron chi connectivity index (χ2n) is 4.00. The van der Waals surface area contributed by atoms with Gasteiger partial charge in [-0.1, -0.05) is 18.2 Å². The van der Waals surface area contributed by atoms with Crippen molar-refractivity contribution in [2.24, 2.45) is 5.73 Å². The minimum atomic E-state index is -0.241. The molecule has 0 radical (unpaired) electrons. The van der Waals surface area contributed by atoms with Crippen LogP contribution in [0.1, 0.15) is 5.56 Å². The molecule has 0 amide bonds. The average Bonchev–Trinajstić information content (AvgIpc) is 2.38. The predicted molar refractivity (Wildman–Crippen MR) is 76.5 cm³/mol. The summed E-state index contributed by atoms with van der Waals surface area (Å²) in [6.45, 7) is 0.488. The zero-order chi connectivity index (χ0) is 13.1. The van der Waals surface area contributed by atoms with Gasteiger partial charge in [-0.2, -0.15) is 0 Å². The molecule has 2 aromatic carbocycles.